The molecule has 1 saturated carbocycles. The number of hydrogen-bond acceptors (Lipinski definition) is 3. The monoisotopic (exact) mass is 327 g/mol. The van der Waals surface area contributed by atoms with Crippen LogP contribution in [0.15, 0.2) is 22.7 Å². The molecule has 0 aliphatic heterocycles. The zero-order valence-corrected chi connectivity index (χ0v) is 12.2. The average molecular weight is 328 g/mol. The highest BCUT2D eigenvalue weighted by Crippen LogP contribution is 2.25. The minimum Gasteiger partial charge on any atom is -0.507 e. The Kier molecular flexibility index (Phi) is 4.82. The van der Waals surface area contributed by atoms with Gasteiger partial charge in [0.15, 0.2) is 0 Å². The van der Waals surface area contributed by atoms with Crippen LogP contribution >= 0.6 is 15.9 Å². The highest BCUT2D eigenvalue weighted by atomic mass is 79.9. The second-order valence-corrected chi connectivity index (χ2v) is 5.90. The summed E-state index contributed by atoms with van der Waals surface area (Å²) in [5.74, 6) is -0.228. The molecule has 19 heavy (non-hydrogen) atoms. The van der Waals surface area contributed by atoms with E-state index in [2.05, 4.69) is 21.2 Å². The van der Waals surface area contributed by atoms with Crippen LogP contribution in [0.5, 0.6) is 5.75 Å². The number of aliphatic hydroxyl groups is 1. The first kappa shape index (κ1) is 14.3. The van der Waals surface area contributed by atoms with E-state index >= 15 is 0 Å². The van der Waals surface area contributed by atoms with Crippen LogP contribution in [0.4, 0.5) is 0 Å². The number of hydrogen-bond donors (Lipinski definition) is 3. The summed E-state index contributed by atoms with van der Waals surface area (Å²) in [6.45, 7) is 0.454. The van der Waals surface area contributed by atoms with E-state index in [4.69, 9.17) is 0 Å². The molecule has 1 amide bonds. The van der Waals surface area contributed by atoms with Gasteiger partial charge in [0, 0.05) is 16.9 Å². The van der Waals surface area contributed by atoms with Crippen molar-refractivity contribution in [1.82, 2.24) is 5.32 Å². The predicted molar refractivity (Wildman–Crippen MR) is 76.1 cm³/mol. The van der Waals surface area contributed by atoms with Crippen LogP contribution < -0.4 is 5.32 Å². The van der Waals surface area contributed by atoms with Gasteiger partial charge in [-0.2, -0.15) is 0 Å². The lowest BCUT2D eigenvalue weighted by molar-refractivity contribution is 0.0662. The van der Waals surface area contributed by atoms with E-state index in [1.807, 2.05) is 0 Å². The Balaban J connectivity index is 1.93. The van der Waals surface area contributed by atoms with Gasteiger partial charge in [0.05, 0.1) is 11.7 Å². The van der Waals surface area contributed by atoms with Gasteiger partial charge in [0.25, 0.3) is 5.91 Å². The Morgan fingerprint density at radius 3 is 2.79 bits per heavy atom. The fraction of sp³-hybridized carbons (Fsp3) is 0.500. The fourth-order valence-corrected chi connectivity index (χ4v) is 2.79. The molecule has 0 aromatic heterocycles. The standard InChI is InChI=1S/C14H18BrNO3/c15-10-5-6-11(13(18)7-10)14(19)16-8-9-3-1-2-4-12(9)17/h5-7,9,12,17-18H,1-4,8H2,(H,16,19). The van der Waals surface area contributed by atoms with Gasteiger partial charge in [-0.05, 0) is 31.0 Å². The molecule has 0 radical (unpaired) electrons. The summed E-state index contributed by atoms with van der Waals surface area (Å²) in [6, 6.07) is 4.78. The maximum atomic E-state index is 12.0. The molecule has 2 atom stereocenters. The Morgan fingerprint density at radius 2 is 2.11 bits per heavy atom. The van der Waals surface area contributed by atoms with E-state index in [0.29, 0.717) is 6.54 Å². The number of phenols is 1. The van der Waals surface area contributed by atoms with Gasteiger partial charge < -0.3 is 15.5 Å². The quantitative estimate of drug-likeness (QED) is 0.798. The van der Waals surface area contributed by atoms with Crippen molar-refractivity contribution in [3.8, 4) is 5.75 Å². The normalized spacial score (nSPS) is 23.1. The van der Waals surface area contributed by atoms with Crippen molar-refractivity contribution in [2.45, 2.75) is 31.8 Å². The van der Waals surface area contributed by atoms with Crippen molar-refractivity contribution in [2.24, 2.45) is 5.92 Å². The van der Waals surface area contributed by atoms with Crippen LogP contribution in [0.25, 0.3) is 0 Å². The van der Waals surface area contributed by atoms with Gasteiger partial charge in [-0.1, -0.05) is 28.8 Å². The number of phenolic OH excluding ortho intramolecular Hbond substituents is 1. The first-order chi connectivity index (χ1) is 9.08. The molecule has 0 saturated heterocycles. The smallest absolute Gasteiger partial charge is 0.255 e. The number of amides is 1. The average Bonchev–Trinajstić information content (AvgIpc) is 2.37. The molecule has 3 N–H and O–H groups in total. The third-order valence-electron chi connectivity index (χ3n) is 3.60. The molecule has 4 nitrogen and oxygen atoms in total. The van der Waals surface area contributed by atoms with Gasteiger partial charge in [0.1, 0.15) is 5.75 Å². The van der Waals surface area contributed by atoms with E-state index in [0.717, 1.165) is 30.2 Å². The Hall–Kier alpha value is -1.07. The second kappa shape index (κ2) is 6.39. The zero-order valence-electron chi connectivity index (χ0n) is 10.6. The van der Waals surface area contributed by atoms with E-state index < -0.39 is 0 Å². The lowest BCUT2D eigenvalue weighted by Crippen LogP contribution is -2.36. The van der Waals surface area contributed by atoms with Crippen LogP contribution in [0, 0.1) is 5.92 Å². The molecule has 2 unspecified atom stereocenters. The van der Waals surface area contributed by atoms with Crippen molar-refractivity contribution >= 4 is 21.8 Å². The number of carbonyl (C=O) groups excluding carboxylic acids is 1. The van der Waals surface area contributed by atoms with Gasteiger partial charge >= 0.3 is 0 Å². The lowest BCUT2D eigenvalue weighted by Gasteiger charge is -2.27. The fourth-order valence-electron chi connectivity index (χ4n) is 2.44. The van der Waals surface area contributed by atoms with Crippen molar-refractivity contribution < 1.29 is 15.0 Å². The lowest BCUT2D eigenvalue weighted by atomic mass is 9.86. The predicted octanol–water partition coefficient (Wildman–Crippen LogP) is 2.44. The molecule has 0 spiro atoms. The summed E-state index contributed by atoms with van der Waals surface area (Å²) in [6.07, 6.45) is 3.57. The summed E-state index contributed by atoms with van der Waals surface area (Å²) in [5.41, 5.74) is 0.258. The Labute approximate surface area is 121 Å². The molecule has 2 rings (SSSR count). The Morgan fingerprint density at radius 1 is 1.37 bits per heavy atom. The molecular formula is C14H18BrNO3. The van der Waals surface area contributed by atoms with Crippen LogP contribution in [-0.4, -0.2) is 28.8 Å². The molecular weight excluding hydrogens is 310 g/mol. The summed E-state index contributed by atoms with van der Waals surface area (Å²) >= 11 is 3.23. The van der Waals surface area contributed by atoms with Crippen LogP contribution in [0.1, 0.15) is 36.0 Å². The minimum atomic E-state index is -0.326. The molecule has 1 fully saturated rings. The van der Waals surface area contributed by atoms with Gasteiger partial charge in [-0.15, -0.1) is 0 Å². The third kappa shape index (κ3) is 3.70. The molecule has 1 aromatic rings. The summed E-state index contributed by atoms with van der Waals surface area (Å²) in [5, 5.41) is 22.3. The largest absolute Gasteiger partial charge is 0.507 e. The zero-order chi connectivity index (χ0) is 13.8. The van der Waals surface area contributed by atoms with E-state index in [-0.39, 0.29) is 29.2 Å². The molecule has 1 aliphatic carbocycles. The van der Waals surface area contributed by atoms with E-state index in [9.17, 15) is 15.0 Å². The first-order valence-electron chi connectivity index (χ1n) is 6.52. The number of benzene rings is 1. The van der Waals surface area contributed by atoms with Crippen LogP contribution in [0.2, 0.25) is 0 Å². The molecule has 1 aliphatic rings. The highest BCUT2D eigenvalue weighted by Gasteiger charge is 2.23. The number of aliphatic hydroxyl groups excluding tert-OH is 1. The number of carbonyl (C=O) groups is 1. The van der Waals surface area contributed by atoms with Gasteiger partial charge in [-0.3, -0.25) is 4.79 Å². The number of aromatic hydroxyl groups is 1. The number of nitrogens with one attached hydrogen (secondary N) is 1. The highest BCUT2D eigenvalue weighted by molar-refractivity contribution is 9.10. The molecule has 0 heterocycles. The van der Waals surface area contributed by atoms with E-state index in [1.54, 1.807) is 12.1 Å². The van der Waals surface area contributed by atoms with Gasteiger partial charge in [0.2, 0.25) is 0 Å². The number of rotatable bonds is 3. The summed E-state index contributed by atoms with van der Waals surface area (Å²) in [7, 11) is 0. The molecule has 0 bridgehead atoms. The van der Waals surface area contributed by atoms with Crippen molar-refractivity contribution in [2.75, 3.05) is 6.54 Å². The van der Waals surface area contributed by atoms with Crippen LogP contribution in [-0.2, 0) is 0 Å². The molecule has 5 heteroatoms. The minimum absolute atomic E-state index is 0.0453. The maximum absolute atomic E-state index is 12.0. The molecule has 1 aromatic carbocycles. The molecule has 104 valence electrons. The summed E-state index contributed by atoms with van der Waals surface area (Å²) < 4.78 is 0.726. The van der Waals surface area contributed by atoms with Crippen molar-refractivity contribution in [3.63, 3.8) is 0 Å². The third-order valence-corrected chi connectivity index (χ3v) is 4.09. The maximum Gasteiger partial charge on any atom is 0.255 e. The van der Waals surface area contributed by atoms with Crippen molar-refractivity contribution in [1.29, 1.82) is 0 Å². The topological polar surface area (TPSA) is 69.6 Å². The summed E-state index contributed by atoms with van der Waals surface area (Å²) in [4.78, 5) is 12.0. The van der Waals surface area contributed by atoms with Crippen LogP contribution in [0.3, 0.4) is 0 Å². The van der Waals surface area contributed by atoms with Gasteiger partial charge in [-0.25, -0.2) is 0 Å². The Bertz CT molecular complexity index is 464. The second-order valence-electron chi connectivity index (χ2n) is 4.98. The van der Waals surface area contributed by atoms with E-state index in [1.165, 1.54) is 6.07 Å². The number of halogens is 1. The SMILES string of the molecule is O=C(NCC1CCCCC1O)c1ccc(Br)cc1O. The van der Waals surface area contributed by atoms with Crippen molar-refractivity contribution in [3.05, 3.63) is 28.2 Å². The first-order valence-corrected chi connectivity index (χ1v) is 7.32.